The highest BCUT2D eigenvalue weighted by Gasteiger charge is 2.43. The zero-order chi connectivity index (χ0) is 30.8. The van der Waals surface area contributed by atoms with Crippen LogP contribution < -0.4 is 5.32 Å². The molecule has 0 radical (unpaired) electrons. The standard InChI is InChI=1S/C29H33F4N5O4S/c1-36-23(27(40)34-19-9-5-7-16-6-3-4-8-18(16)19)15-43-28(36)17-10-11-37(22(12-17)29(41)42-2)24(39)14-38-21(26(32)33)13-20(35-38)25(30)31/h3-4,6,8,13,15,17,19,22,25-26,28H,5,7,9-12,14H2,1-2H3,(H,34,40). The number of piperidine rings is 1. The van der Waals surface area contributed by atoms with E-state index in [-0.39, 0.29) is 36.2 Å². The molecule has 43 heavy (non-hydrogen) atoms. The fourth-order valence-corrected chi connectivity index (χ4v) is 7.52. The first kappa shape index (κ1) is 30.9. The van der Waals surface area contributed by atoms with Crippen LogP contribution in [0.2, 0.25) is 0 Å². The lowest BCUT2D eigenvalue weighted by molar-refractivity contribution is -0.156. The van der Waals surface area contributed by atoms with Crippen LogP contribution in [0.1, 0.15) is 67.1 Å². The summed E-state index contributed by atoms with van der Waals surface area (Å²) in [6.45, 7) is -0.611. The number of aryl methyl sites for hydroxylation is 1. The molecule has 0 bridgehead atoms. The molecule has 14 heteroatoms. The second-order valence-electron chi connectivity index (χ2n) is 10.9. The van der Waals surface area contributed by atoms with E-state index < -0.39 is 48.7 Å². The highest BCUT2D eigenvalue weighted by molar-refractivity contribution is 8.03. The minimum Gasteiger partial charge on any atom is -0.467 e. The Bertz CT molecular complexity index is 1400. The molecule has 3 heterocycles. The highest BCUT2D eigenvalue weighted by Crippen LogP contribution is 2.41. The van der Waals surface area contributed by atoms with Gasteiger partial charge < -0.3 is 19.9 Å². The number of benzene rings is 1. The van der Waals surface area contributed by atoms with Crippen molar-refractivity contribution < 1.29 is 36.7 Å². The van der Waals surface area contributed by atoms with E-state index in [1.807, 2.05) is 35.6 Å². The first-order chi connectivity index (χ1) is 20.6. The van der Waals surface area contributed by atoms with Gasteiger partial charge in [-0.2, -0.15) is 5.10 Å². The van der Waals surface area contributed by atoms with E-state index >= 15 is 0 Å². The van der Waals surface area contributed by atoms with Gasteiger partial charge in [0.15, 0.2) is 0 Å². The first-order valence-electron chi connectivity index (χ1n) is 14.1. The van der Waals surface area contributed by atoms with Crippen LogP contribution in [0, 0.1) is 5.92 Å². The Hall–Kier alpha value is -3.55. The number of likely N-dealkylation sites (tertiary alicyclic amines) is 1. The van der Waals surface area contributed by atoms with Crippen molar-refractivity contribution in [1.82, 2.24) is 24.9 Å². The molecule has 2 aromatic rings. The molecule has 1 aliphatic carbocycles. The minimum atomic E-state index is -3.11. The predicted octanol–water partition coefficient (Wildman–Crippen LogP) is 4.58. The van der Waals surface area contributed by atoms with Gasteiger partial charge in [-0.3, -0.25) is 14.3 Å². The molecular weight excluding hydrogens is 590 g/mol. The Labute approximate surface area is 250 Å². The number of amides is 2. The van der Waals surface area contributed by atoms with Gasteiger partial charge in [-0.15, -0.1) is 11.8 Å². The Kier molecular flexibility index (Phi) is 9.33. The van der Waals surface area contributed by atoms with Gasteiger partial charge in [-0.1, -0.05) is 24.3 Å². The summed E-state index contributed by atoms with van der Waals surface area (Å²) in [5.74, 6) is -1.69. The Morgan fingerprint density at radius 3 is 2.63 bits per heavy atom. The van der Waals surface area contributed by atoms with Gasteiger partial charge in [0, 0.05) is 19.0 Å². The van der Waals surface area contributed by atoms with Crippen LogP contribution in [0.3, 0.4) is 0 Å². The average molecular weight is 624 g/mol. The van der Waals surface area contributed by atoms with Crippen molar-refractivity contribution in [2.24, 2.45) is 5.92 Å². The smallest absolute Gasteiger partial charge is 0.328 e. The third kappa shape index (κ3) is 6.38. The van der Waals surface area contributed by atoms with Crippen molar-refractivity contribution in [3.05, 3.63) is 64.0 Å². The number of carbonyl (C=O) groups excluding carboxylic acids is 3. The monoisotopic (exact) mass is 623 g/mol. The third-order valence-corrected chi connectivity index (χ3v) is 9.73. The maximum absolute atomic E-state index is 13.5. The van der Waals surface area contributed by atoms with E-state index in [1.54, 1.807) is 0 Å². The molecule has 1 saturated heterocycles. The van der Waals surface area contributed by atoms with Crippen LogP contribution in [0.5, 0.6) is 0 Å². The topological polar surface area (TPSA) is 96.8 Å². The molecule has 4 atom stereocenters. The quantitative estimate of drug-likeness (QED) is 0.340. The second kappa shape index (κ2) is 13.0. The predicted molar refractivity (Wildman–Crippen MR) is 150 cm³/mol. The molecule has 1 N–H and O–H groups in total. The molecule has 5 rings (SSSR count). The van der Waals surface area contributed by atoms with Crippen molar-refractivity contribution in [3.63, 3.8) is 0 Å². The molecule has 4 unspecified atom stereocenters. The molecule has 232 valence electrons. The van der Waals surface area contributed by atoms with Gasteiger partial charge >= 0.3 is 5.97 Å². The molecule has 1 fully saturated rings. The van der Waals surface area contributed by atoms with Gasteiger partial charge in [-0.05, 0) is 55.2 Å². The summed E-state index contributed by atoms with van der Waals surface area (Å²) in [5.41, 5.74) is 1.23. The maximum atomic E-state index is 13.5. The van der Waals surface area contributed by atoms with Crippen molar-refractivity contribution in [3.8, 4) is 0 Å². The van der Waals surface area contributed by atoms with E-state index in [1.165, 1.54) is 29.3 Å². The second-order valence-corrected chi connectivity index (χ2v) is 11.9. The van der Waals surface area contributed by atoms with Gasteiger partial charge in [0.05, 0.1) is 18.5 Å². The molecule has 9 nitrogen and oxygen atoms in total. The van der Waals surface area contributed by atoms with E-state index in [2.05, 4.69) is 16.5 Å². The number of hydrogen-bond acceptors (Lipinski definition) is 7. The summed E-state index contributed by atoms with van der Waals surface area (Å²) in [6.07, 6.45) is -2.70. The lowest BCUT2D eigenvalue weighted by Gasteiger charge is -2.41. The lowest BCUT2D eigenvalue weighted by Crippen LogP contribution is -2.53. The maximum Gasteiger partial charge on any atom is 0.328 e. The molecule has 2 aliphatic heterocycles. The Balaban J connectivity index is 1.24. The van der Waals surface area contributed by atoms with E-state index in [4.69, 9.17) is 4.74 Å². The summed E-state index contributed by atoms with van der Waals surface area (Å²) in [5, 5.41) is 8.29. The number of esters is 1. The molecule has 1 aromatic heterocycles. The van der Waals surface area contributed by atoms with Crippen LogP contribution in [0.25, 0.3) is 0 Å². The van der Waals surface area contributed by atoms with Gasteiger partial charge in [0.1, 0.15) is 29.7 Å². The summed E-state index contributed by atoms with van der Waals surface area (Å²) < 4.78 is 58.6. The average Bonchev–Trinajstić information content (AvgIpc) is 3.60. The zero-order valence-corrected chi connectivity index (χ0v) is 24.5. The number of nitrogens with one attached hydrogen (secondary N) is 1. The summed E-state index contributed by atoms with van der Waals surface area (Å²) in [7, 11) is 3.01. The number of thioether (sulfide) groups is 1. The number of fused-ring (bicyclic) bond motifs is 1. The fraction of sp³-hybridized carbons (Fsp3) is 0.517. The van der Waals surface area contributed by atoms with Crippen molar-refractivity contribution in [1.29, 1.82) is 0 Å². The van der Waals surface area contributed by atoms with Crippen LogP contribution >= 0.6 is 11.8 Å². The highest BCUT2D eigenvalue weighted by atomic mass is 32.2. The number of hydrogen-bond donors (Lipinski definition) is 1. The van der Waals surface area contributed by atoms with Crippen LogP contribution in [-0.2, 0) is 32.1 Å². The summed E-state index contributed by atoms with van der Waals surface area (Å²) in [6, 6.07) is 7.59. The van der Waals surface area contributed by atoms with Crippen molar-refractivity contribution in [2.45, 2.75) is 69.0 Å². The number of halogens is 4. The van der Waals surface area contributed by atoms with Gasteiger partial charge in [-0.25, -0.2) is 22.4 Å². The third-order valence-electron chi connectivity index (χ3n) is 8.39. The normalized spacial score (nSPS) is 23.8. The molecular formula is C29H33F4N5O4S. The number of nitrogens with zero attached hydrogens (tertiary/aromatic N) is 4. The van der Waals surface area contributed by atoms with Crippen LogP contribution in [-0.4, -0.2) is 69.5 Å². The molecule has 3 aliphatic rings. The first-order valence-corrected chi connectivity index (χ1v) is 15.0. The van der Waals surface area contributed by atoms with E-state index in [0.29, 0.717) is 22.9 Å². The number of alkyl halides is 4. The number of aromatic nitrogens is 2. The number of ether oxygens (including phenoxy) is 1. The Morgan fingerprint density at radius 1 is 1.14 bits per heavy atom. The van der Waals surface area contributed by atoms with Gasteiger partial charge in [0.2, 0.25) is 5.91 Å². The van der Waals surface area contributed by atoms with Crippen LogP contribution in [0.15, 0.2) is 41.4 Å². The summed E-state index contributed by atoms with van der Waals surface area (Å²) >= 11 is 1.46. The lowest BCUT2D eigenvalue weighted by atomic mass is 9.87. The number of carbonyl (C=O) groups is 3. The van der Waals surface area contributed by atoms with Crippen molar-refractivity contribution >= 4 is 29.5 Å². The SMILES string of the molecule is COC(=O)C1CC(C2SC=C(C(=O)NC3CCCc4ccccc43)N2C)CCN1C(=O)Cn1nc(C(F)F)cc1C(F)F. The molecule has 0 saturated carbocycles. The largest absolute Gasteiger partial charge is 0.467 e. The molecule has 1 aromatic carbocycles. The zero-order valence-electron chi connectivity index (χ0n) is 23.7. The number of likely N-dealkylation sites (N-methyl/N-ethyl adjacent to an activating group) is 1. The number of methoxy groups -OCH3 is 1. The van der Waals surface area contributed by atoms with E-state index in [9.17, 15) is 31.9 Å². The van der Waals surface area contributed by atoms with E-state index in [0.717, 1.165) is 24.8 Å². The fourth-order valence-electron chi connectivity index (χ4n) is 6.21. The van der Waals surface area contributed by atoms with Crippen molar-refractivity contribution in [2.75, 3.05) is 20.7 Å². The Morgan fingerprint density at radius 2 is 1.91 bits per heavy atom. The minimum absolute atomic E-state index is 0.0779. The van der Waals surface area contributed by atoms with Crippen LogP contribution in [0.4, 0.5) is 17.6 Å². The number of rotatable bonds is 8. The molecule has 0 spiro atoms. The van der Waals surface area contributed by atoms with Gasteiger partial charge in [0.25, 0.3) is 18.8 Å². The molecule has 2 amide bonds. The summed E-state index contributed by atoms with van der Waals surface area (Å²) in [4.78, 5) is 42.5.